The highest BCUT2D eigenvalue weighted by molar-refractivity contribution is 5.78. The molecule has 44 heavy (non-hydrogen) atoms. The maximum atomic E-state index is 11.6. The second kappa shape index (κ2) is 22.1. The van der Waals surface area contributed by atoms with Gasteiger partial charge in [-0.3, -0.25) is 0 Å². The average Bonchev–Trinajstić information content (AvgIpc) is 3.38. The number of unbranched alkanes of at least 4 members (excludes halogenated alkanes) is 17. The highest BCUT2D eigenvalue weighted by atomic mass is 15.2. The molecule has 242 valence electrons. The summed E-state index contributed by atoms with van der Waals surface area (Å²) in [5.74, 6) is 0. The van der Waals surface area contributed by atoms with Gasteiger partial charge in [0.15, 0.2) is 0 Å². The van der Waals surface area contributed by atoms with Crippen LogP contribution in [-0.2, 0) is 12.8 Å². The van der Waals surface area contributed by atoms with E-state index >= 15 is 0 Å². The summed E-state index contributed by atoms with van der Waals surface area (Å²) in [5.41, 5.74) is 19.8. The second-order valence-electron chi connectivity index (χ2n) is 13.4. The van der Waals surface area contributed by atoms with Gasteiger partial charge in [0, 0.05) is 22.8 Å². The van der Waals surface area contributed by atoms with E-state index in [1.807, 2.05) is 0 Å². The largest absolute Gasteiger partial charge is 0.493 e. The summed E-state index contributed by atoms with van der Waals surface area (Å²) in [6, 6.07) is 17.7. The van der Waals surface area contributed by atoms with Crippen LogP contribution < -0.4 is 0 Å². The molecule has 0 aliphatic carbocycles. The van der Waals surface area contributed by atoms with Crippen LogP contribution in [0.4, 0.5) is 0 Å². The Hall–Kier alpha value is -2.48. The van der Waals surface area contributed by atoms with Gasteiger partial charge in [0.1, 0.15) is 0 Å². The molecule has 2 nitrogen and oxygen atoms in total. The monoisotopic (exact) mass is 597 g/mol. The summed E-state index contributed by atoms with van der Waals surface area (Å²) in [6.07, 6.45) is 32.5. The molecule has 0 fully saturated rings. The number of allylic oxidation sites excluding steroid dienone is 2. The molecule has 2 aromatic carbocycles. The van der Waals surface area contributed by atoms with E-state index < -0.39 is 0 Å². The van der Waals surface area contributed by atoms with Crippen LogP contribution in [0.25, 0.3) is 16.9 Å². The van der Waals surface area contributed by atoms with E-state index in [4.69, 9.17) is 0 Å². The van der Waals surface area contributed by atoms with Gasteiger partial charge in [-0.1, -0.05) is 154 Å². The van der Waals surface area contributed by atoms with Gasteiger partial charge < -0.3 is 5.53 Å². The van der Waals surface area contributed by atoms with Crippen molar-refractivity contribution >= 4 is 11.4 Å². The predicted molar refractivity (Wildman–Crippen MR) is 193 cm³/mol. The van der Waals surface area contributed by atoms with Gasteiger partial charge in [-0.2, -0.15) is 0 Å². The highest BCUT2D eigenvalue weighted by Gasteiger charge is 2.29. The molecule has 0 saturated heterocycles. The molecule has 0 unspecified atom stereocenters. The lowest BCUT2D eigenvalue weighted by molar-refractivity contribution is -0.344. The Kier molecular flexibility index (Phi) is 18.1. The van der Waals surface area contributed by atoms with Gasteiger partial charge in [-0.25, -0.2) is 4.70 Å². The maximum Gasteiger partial charge on any atom is 0.210 e. The van der Waals surface area contributed by atoms with E-state index in [-0.39, 0.29) is 0 Å². The lowest BCUT2D eigenvalue weighted by atomic mass is 9.98. The summed E-state index contributed by atoms with van der Waals surface area (Å²) in [6.45, 7) is 6.79. The zero-order valence-electron chi connectivity index (χ0n) is 28.9. The van der Waals surface area contributed by atoms with Crippen molar-refractivity contribution in [3.05, 3.63) is 88.0 Å². The van der Waals surface area contributed by atoms with Crippen LogP contribution in [0.15, 0.2) is 60.2 Å². The van der Waals surface area contributed by atoms with E-state index in [9.17, 15) is 5.53 Å². The van der Waals surface area contributed by atoms with Crippen LogP contribution >= 0.6 is 0 Å². The molecule has 1 aliphatic heterocycles. The summed E-state index contributed by atoms with van der Waals surface area (Å²) in [5, 5.41) is 0. The van der Waals surface area contributed by atoms with E-state index in [0.717, 1.165) is 41.8 Å². The van der Waals surface area contributed by atoms with Gasteiger partial charge in [0.25, 0.3) is 0 Å². The zero-order chi connectivity index (χ0) is 31.2. The third kappa shape index (κ3) is 12.9. The molecule has 1 heterocycles. The maximum absolute atomic E-state index is 11.6. The molecule has 1 aliphatic rings. The number of hydrogen-bond donors (Lipinski definition) is 0. The van der Waals surface area contributed by atoms with Crippen molar-refractivity contribution in [2.45, 2.75) is 168 Å². The number of benzene rings is 2. The lowest BCUT2D eigenvalue weighted by Crippen LogP contribution is -2.03. The number of nitrogens with zero attached hydrogens (tertiary/aromatic N) is 2. The fourth-order valence-electron chi connectivity index (χ4n) is 6.64. The Bertz CT molecular complexity index is 1150. The Morgan fingerprint density at radius 2 is 0.909 bits per heavy atom. The van der Waals surface area contributed by atoms with Crippen LogP contribution in [0.1, 0.15) is 178 Å². The van der Waals surface area contributed by atoms with E-state index in [1.54, 1.807) is 0 Å². The van der Waals surface area contributed by atoms with Crippen molar-refractivity contribution in [3.63, 3.8) is 0 Å². The van der Waals surface area contributed by atoms with E-state index in [0.29, 0.717) is 0 Å². The average molecular weight is 597 g/mol. The van der Waals surface area contributed by atoms with Crippen molar-refractivity contribution in [1.82, 2.24) is 0 Å². The molecule has 0 N–H and O–H groups in total. The molecule has 0 atom stereocenters. The van der Waals surface area contributed by atoms with Gasteiger partial charge in [-0.15, -0.1) is 0 Å². The first kappa shape index (κ1) is 36.0. The Balaban J connectivity index is 1.49. The van der Waals surface area contributed by atoms with Gasteiger partial charge >= 0.3 is 0 Å². The quantitative estimate of drug-likeness (QED) is 0.0804. The predicted octanol–water partition coefficient (Wildman–Crippen LogP) is 13.8. The number of rotatable bonds is 25. The van der Waals surface area contributed by atoms with Crippen LogP contribution in [0.2, 0.25) is 0 Å². The smallest absolute Gasteiger partial charge is 0.210 e. The van der Waals surface area contributed by atoms with Crippen LogP contribution in [0, 0.1) is 0 Å². The molecular weight excluding hydrogens is 532 g/mol. The second-order valence-corrected chi connectivity index (χ2v) is 13.4. The molecule has 0 spiro atoms. The summed E-state index contributed by atoms with van der Waals surface area (Å²) >= 11 is 0. The zero-order valence-corrected chi connectivity index (χ0v) is 28.9. The van der Waals surface area contributed by atoms with Crippen LogP contribution in [0.5, 0.6) is 0 Å². The Morgan fingerprint density at radius 3 is 1.41 bits per heavy atom. The first-order chi connectivity index (χ1) is 21.7. The topological polar surface area (TPSA) is 25.3 Å². The minimum Gasteiger partial charge on any atom is -0.493 e. The SMILES string of the molecule is CCCCCCCCCCCCCCCCCCC1=C(c2cccc(CCCC)c2)[N+](=[N-])C(c2cccc(CCCC)c2)=C1. The van der Waals surface area contributed by atoms with Crippen molar-refractivity contribution in [1.29, 1.82) is 0 Å². The standard InChI is InChI=1S/C42H64N2/c1-4-7-10-11-12-13-14-15-16-17-18-19-20-21-22-23-30-40-35-41(38-31-24-28-36(33-38)26-8-5-2)44(43)42(40)39-32-25-29-37(34-39)27-9-6-3/h24-25,28-29,31-35H,4-23,26-27,30H2,1-3H3. The Labute approximate surface area is 271 Å². The Morgan fingerprint density at radius 1 is 0.477 bits per heavy atom. The first-order valence-corrected chi connectivity index (χ1v) is 18.8. The third-order valence-electron chi connectivity index (χ3n) is 9.42. The van der Waals surface area contributed by atoms with Crippen LogP contribution in [0.3, 0.4) is 0 Å². The molecule has 2 aromatic rings. The van der Waals surface area contributed by atoms with Crippen molar-refractivity contribution in [2.24, 2.45) is 0 Å². The van der Waals surface area contributed by atoms with E-state index in [1.165, 1.54) is 150 Å². The van der Waals surface area contributed by atoms with Crippen molar-refractivity contribution in [3.8, 4) is 0 Å². The minimum atomic E-state index is 0.920. The molecule has 0 radical (unpaired) electrons. The van der Waals surface area contributed by atoms with Gasteiger partial charge in [-0.05, 0) is 73.9 Å². The van der Waals surface area contributed by atoms with Crippen molar-refractivity contribution < 1.29 is 4.70 Å². The summed E-state index contributed by atoms with van der Waals surface area (Å²) in [4.78, 5) is 0. The fourth-order valence-corrected chi connectivity index (χ4v) is 6.64. The van der Waals surface area contributed by atoms with Crippen molar-refractivity contribution in [2.75, 3.05) is 0 Å². The van der Waals surface area contributed by atoms with Gasteiger partial charge in [0.2, 0.25) is 11.4 Å². The van der Waals surface area contributed by atoms with Gasteiger partial charge in [0.05, 0.1) is 0 Å². The molecule has 0 bridgehead atoms. The lowest BCUT2D eigenvalue weighted by Gasteiger charge is -2.11. The molecule has 0 amide bonds. The van der Waals surface area contributed by atoms with E-state index in [2.05, 4.69) is 75.4 Å². The molecule has 3 rings (SSSR count). The highest BCUT2D eigenvalue weighted by Crippen LogP contribution is 2.38. The first-order valence-electron chi connectivity index (χ1n) is 18.8. The number of hydrogen-bond acceptors (Lipinski definition) is 0. The van der Waals surface area contributed by atoms with Crippen LogP contribution in [-0.4, -0.2) is 4.70 Å². The fraction of sp³-hybridized carbons (Fsp3) is 0.619. The summed E-state index contributed by atoms with van der Waals surface area (Å²) in [7, 11) is 0. The summed E-state index contributed by atoms with van der Waals surface area (Å²) < 4.78 is 1.49. The molecule has 0 aromatic heterocycles. The number of aryl methyl sites for hydroxylation is 2. The molecule has 2 heteroatoms. The third-order valence-corrected chi connectivity index (χ3v) is 9.42. The normalized spacial score (nSPS) is 13.2. The molecular formula is C42H64N2. The minimum absolute atomic E-state index is 0.920. The molecule has 0 saturated carbocycles.